The van der Waals surface area contributed by atoms with Crippen LogP contribution in [-0.4, -0.2) is 25.0 Å². The molecule has 1 atom stereocenters. The summed E-state index contributed by atoms with van der Waals surface area (Å²) in [6.45, 7) is 7.66. The summed E-state index contributed by atoms with van der Waals surface area (Å²) >= 11 is 2.25. The minimum atomic E-state index is 0.00534. The number of carbonyl (C=O) groups excluding carboxylic acids is 1. The molecule has 0 aromatic heterocycles. The van der Waals surface area contributed by atoms with Gasteiger partial charge in [-0.15, -0.1) is 0 Å². The molecule has 17 heavy (non-hydrogen) atoms. The van der Waals surface area contributed by atoms with Crippen LogP contribution in [0, 0.1) is 10.5 Å². The molecule has 0 saturated carbocycles. The molecule has 3 nitrogen and oxygen atoms in total. The predicted molar refractivity (Wildman–Crippen MR) is 79.4 cm³/mol. The van der Waals surface area contributed by atoms with Gasteiger partial charge in [0, 0.05) is 21.7 Å². The number of nitrogens with one attached hydrogen (secondary N) is 2. The van der Waals surface area contributed by atoms with Gasteiger partial charge in [0.05, 0.1) is 0 Å². The summed E-state index contributed by atoms with van der Waals surface area (Å²) in [6, 6.07) is 6.09. The van der Waals surface area contributed by atoms with Crippen molar-refractivity contribution in [2.45, 2.75) is 26.8 Å². The van der Waals surface area contributed by atoms with Gasteiger partial charge in [0.15, 0.2) is 0 Å². The van der Waals surface area contributed by atoms with Crippen molar-refractivity contribution in [3.63, 3.8) is 0 Å². The van der Waals surface area contributed by atoms with Crippen molar-refractivity contribution in [3.05, 3.63) is 32.9 Å². The molecule has 1 amide bonds. The zero-order valence-corrected chi connectivity index (χ0v) is 12.7. The fourth-order valence-electron chi connectivity index (χ4n) is 1.62. The van der Waals surface area contributed by atoms with Crippen LogP contribution in [0.2, 0.25) is 0 Å². The largest absolute Gasteiger partial charge is 0.350 e. The quantitative estimate of drug-likeness (QED) is 0.804. The fraction of sp³-hybridized carbons (Fsp3) is 0.462. The summed E-state index contributed by atoms with van der Waals surface area (Å²) in [5, 5.41) is 6.21. The molecule has 0 aliphatic rings. The summed E-state index contributed by atoms with van der Waals surface area (Å²) in [5.41, 5.74) is 1.81. The lowest BCUT2D eigenvalue weighted by Gasteiger charge is -2.14. The third kappa shape index (κ3) is 4.27. The van der Waals surface area contributed by atoms with Crippen LogP contribution < -0.4 is 10.6 Å². The van der Waals surface area contributed by atoms with Crippen molar-refractivity contribution in [3.8, 4) is 0 Å². The standard InChI is InChI=1S/C13H19IN2O/c1-4-15-9(2)8-16-13(17)11-6-5-7-12(14)10(11)3/h5-7,9,15H,4,8H2,1-3H3,(H,16,17)/t9-/m1/s1. The Labute approximate surface area is 117 Å². The van der Waals surface area contributed by atoms with Crippen molar-refractivity contribution < 1.29 is 4.79 Å². The van der Waals surface area contributed by atoms with E-state index in [9.17, 15) is 4.79 Å². The molecule has 1 aromatic carbocycles. The van der Waals surface area contributed by atoms with Gasteiger partial charge >= 0.3 is 0 Å². The van der Waals surface area contributed by atoms with Gasteiger partial charge in [-0.2, -0.15) is 0 Å². The molecule has 2 N–H and O–H groups in total. The Kier molecular flexibility index (Phi) is 5.91. The van der Waals surface area contributed by atoms with Crippen LogP contribution in [0.1, 0.15) is 29.8 Å². The van der Waals surface area contributed by atoms with Crippen molar-refractivity contribution in [1.82, 2.24) is 10.6 Å². The molecule has 1 aromatic rings. The predicted octanol–water partition coefficient (Wildman–Crippen LogP) is 2.33. The molecular weight excluding hydrogens is 327 g/mol. The maximum Gasteiger partial charge on any atom is 0.251 e. The van der Waals surface area contributed by atoms with Gasteiger partial charge in [-0.1, -0.05) is 13.0 Å². The van der Waals surface area contributed by atoms with Gasteiger partial charge in [0.2, 0.25) is 0 Å². The van der Waals surface area contributed by atoms with E-state index in [4.69, 9.17) is 0 Å². The van der Waals surface area contributed by atoms with E-state index in [0.29, 0.717) is 12.6 Å². The number of carbonyl (C=O) groups is 1. The highest BCUT2D eigenvalue weighted by atomic mass is 127. The highest BCUT2D eigenvalue weighted by Crippen LogP contribution is 2.15. The Morgan fingerprint density at radius 3 is 2.82 bits per heavy atom. The normalized spacial score (nSPS) is 12.2. The van der Waals surface area contributed by atoms with Crippen LogP contribution in [-0.2, 0) is 0 Å². The second kappa shape index (κ2) is 6.96. The SMILES string of the molecule is CCN[C@H](C)CNC(=O)c1cccc(I)c1C. The van der Waals surface area contributed by atoms with E-state index >= 15 is 0 Å². The average Bonchev–Trinajstić information content (AvgIpc) is 2.30. The Morgan fingerprint density at radius 2 is 2.18 bits per heavy atom. The zero-order valence-electron chi connectivity index (χ0n) is 10.5. The number of likely N-dealkylation sites (N-methyl/N-ethyl adjacent to an activating group) is 1. The van der Waals surface area contributed by atoms with Gasteiger partial charge < -0.3 is 10.6 Å². The summed E-state index contributed by atoms with van der Waals surface area (Å²) in [6.07, 6.45) is 0. The highest BCUT2D eigenvalue weighted by molar-refractivity contribution is 14.1. The van der Waals surface area contributed by atoms with Gasteiger partial charge in [-0.3, -0.25) is 4.79 Å². The number of rotatable bonds is 5. The lowest BCUT2D eigenvalue weighted by Crippen LogP contribution is -2.39. The lowest BCUT2D eigenvalue weighted by atomic mass is 10.1. The van der Waals surface area contributed by atoms with Crippen LogP contribution in [0.25, 0.3) is 0 Å². The van der Waals surface area contributed by atoms with E-state index < -0.39 is 0 Å². The Morgan fingerprint density at radius 1 is 1.47 bits per heavy atom. The molecule has 0 fully saturated rings. The number of amides is 1. The maximum absolute atomic E-state index is 12.0. The molecule has 0 bridgehead atoms. The van der Waals surface area contributed by atoms with Crippen LogP contribution in [0.15, 0.2) is 18.2 Å². The Bertz CT molecular complexity index is 393. The minimum Gasteiger partial charge on any atom is -0.350 e. The second-order valence-corrected chi connectivity index (χ2v) is 5.24. The molecule has 0 aliphatic heterocycles. The van der Waals surface area contributed by atoms with Crippen molar-refractivity contribution in [2.24, 2.45) is 0 Å². The number of halogens is 1. The summed E-state index contributed by atoms with van der Waals surface area (Å²) < 4.78 is 1.12. The highest BCUT2D eigenvalue weighted by Gasteiger charge is 2.11. The maximum atomic E-state index is 12.0. The minimum absolute atomic E-state index is 0.00534. The van der Waals surface area contributed by atoms with E-state index in [2.05, 4.69) is 47.1 Å². The molecule has 0 radical (unpaired) electrons. The smallest absolute Gasteiger partial charge is 0.251 e. The Balaban J connectivity index is 2.61. The van der Waals surface area contributed by atoms with Crippen molar-refractivity contribution >= 4 is 28.5 Å². The van der Waals surface area contributed by atoms with Gasteiger partial charge in [-0.05, 0) is 60.7 Å². The summed E-state index contributed by atoms with van der Waals surface area (Å²) in [5.74, 6) is 0.00534. The Hall–Kier alpha value is -0.620. The first-order valence-corrected chi connectivity index (χ1v) is 6.90. The lowest BCUT2D eigenvalue weighted by molar-refractivity contribution is 0.0949. The van der Waals surface area contributed by atoms with E-state index in [0.717, 1.165) is 21.2 Å². The number of benzene rings is 1. The molecule has 0 spiro atoms. The molecule has 0 aliphatic carbocycles. The molecule has 4 heteroatoms. The first-order chi connectivity index (χ1) is 8.06. The molecular formula is C13H19IN2O. The van der Waals surface area contributed by atoms with E-state index in [1.807, 2.05) is 25.1 Å². The summed E-state index contributed by atoms with van der Waals surface area (Å²) in [7, 11) is 0. The van der Waals surface area contributed by atoms with Crippen LogP contribution in [0.5, 0.6) is 0 Å². The van der Waals surface area contributed by atoms with Crippen LogP contribution in [0.4, 0.5) is 0 Å². The third-order valence-electron chi connectivity index (χ3n) is 2.63. The molecule has 0 heterocycles. The van der Waals surface area contributed by atoms with E-state index in [-0.39, 0.29) is 5.91 Å². The van der Waals surface area contributed by atoms with Crippen LogP contribution in [0.3, 0.4) is 0 Å². The van der Waals surface area contributed by atoms with Gasteiger partial charge in [-0.25, -0.2) is 0 Å². The fourth-order valence-corrected chi connectivity index (χ4v) is 2.11. The van der Waals surface area contributed by atoms with Gasteiger partial charge in [0.25, 0.3) is 5.91 Å². The molecule has 0 saturated heterocycles. The topological polar surface area (TPSA) is 41.1 Å². The monoisotopic (exact) mass is 346 g/mol. The molecule has 1 rings (SSSR count). The number of hydrogen-bond acceptors (Lipinski definition) is 2. The first kappa shape index (κ1) is 14.4. The first-order valence-electron chi connectivity index (χ1n) is 5.83. The molecule has 0 unspecified atom stereocenters. The van der Waals surface area contributed by atoms with Crippen LogP contribution >= 0.6 is 22.6 Å². The second-order valence-electron chi connectivity index (χ2n) is 4.08. The summed E-state index contributed by atoms with van der Waals surface area (Å²) in [4.78, 5) is 12.0. The van der Waals surface area contributed by atoms with E-state index in [1.54, 1.807) is 0 Å². The zero-order chi connectivity index (χ0) is 12.8. The average molecular weight is 346 g/mol. The third-order valence-corrected chi connectivity index (χ3v) is 3.80. The van der Waals surface area contributed by atoms with E-state index in [1.165, 1.54) is 0 Å². The van der Waals surface area contributed by atoms with Gasteiger partial charge in [0.1, 0.15) is 0 Å². The van der Waals surface area contributed by atoms with Crippen molar-refractivity contribution in [1.29, 1.82) is 0 Å². The molecule has 94 valence electrons. The van der Waals surface area contributed by atoms with Crippen molar-refractivity contribution in [2.75, 3.05) is 13.1 Å². The number of hydrogen-bond donors (Lipinski definition) is 2.